The molecule has 1 heterocycles. The maximum Gasteiger partial charge on any atom is 0.115 e. The molecule has 17 heavy (non-hydrogen) atoms. The van der Waals surface area contributed by atoms with E-state index >= 15 is 0 Å². The normalized spacial score (nSPS) is 10.5. The van der Waals surface area contributed by atoms with E-state index in [2.05, 4.69) is 11.1 Å². The van der Waals surface area contributed by atoms with Gasteiger partial charge >= 0.3 is 0 Å². The molecule has 1 nitrogen and oxygen atoms in total. The zero-order chi connectivity index (χ0) is 12.1. The summed E-state index contributed by atoms with van der Waals surface area (Å²) in [4.78, 5) is 4.18. The highest BCUT2D eigenvalue weighted by atomic mass is 19.1. The fourth-order valence-corrected chi connectivity index (χ4v) is 1.84. The summed E-state index contributed by atoms with van der Waals surface area (Å²) in [7, 11) is 0. The molecule has 0 amide bonds. The number of alkyl halides is 1. The fourth-order valence-electron chi connectivity index (χ4n) is 1.84. The minimum Gasteiger partial charge on any atom is -0.262 e. The third kappa shape index (κ3) is 3.38. The predicted octanol–water partition coefficient (Wildman–Crippen LogP) is 3.64. The summed E-state index contributed by atoms with van der Waals surface area (Å²) in [6, 6.07) is 11.9. The Kier molecular flexibility index (Phi) is 3.86. The van der Waals surface area contributed by atoms with Gasteiger partial charge in [0, 0.05) is 11.9 Å². The Morgan fingerprint density at radius 3 is 2.24 bits per heavy atom. The molecule has 0 spiro atoms. The van der Waals surface area contributed by atoms with E-state index in [9.17, 15) is 4.39 Å². The minimum atomic E-state index is -0.385. The van der Waals surface area contributed by atoms with Crippen molar-refractivity contribution in [1.82, 2.24) is 4.98 Å². The van der Waals surface area contributed by atoms with E-state index in [1.807, 2.05) is 43.5 Å². The molecule has 2 aromatic rings. The lowest BCUT2D eigenvalue weighted by Gasteiger charge is -2.03. The molecule has 0 saturated carbocycles. The van der Waals surface area contributed by atoms with Crippen LogP contribution in [0, 0.1) is 6.92 Å². The third-order valence-electron chi connectivity index (χ3n) is 2.84. The number of pyridine rings is 1. The quantitative estimate of drug-likeness (QED) is 0.780. The predicted molar refractivity (Wildman–Crippen MR) is 67.6 cm³/mol. The van der Waals surface area contributed by atoms with Gasteiger partial charge in [0.25, 0.3) is 0 Å². The van der Waals surface area contributed by atoms with Crippen molar-refractivity contribution in [1.29, 1.82) is 0 Å². The Hall–Kier alpha value is -1.70. The van der Waals surface area contributed by atoms with E-state index in [1.165, 1.54) is 11.1 Å². The second kappa shape index (κ2) is 5.58. The lowest BCUT2D eigenvalue weighted by atomic mass is 10.0. The summed E-state index contributed by atoms with van der Waals surface area (Å²) in [6.07, 6.45) is 3.82. The van der Waals surface area contributed by atoms with Gasteiger partial charge in [-0.15, -0.1) is 0 Å². The zero-order valence-corrected chi connectivity index (χ0v) is 9.99. The Morgan fingerprint density at radius 2 is 1.59 bits per heavy atom. The van der Waals surface area contributed by atoms with Crippen LogP contribution >= 0.6 is 0 Å². The minimum absolute atomic E-state index is 0.385. The van der Waals surface area contributed by atoms with Crippen molar-refractivity contribution < 1.29 is 4.39 Å². The number of aryl methyl sites for hydroxylation is 3. The number of aromatic nitrogens is 1. The van der Waals surface area contributed by atoms with Crippen LogP contribution < -0.4 is 0 Å². The van der Waals surface area contributed by atoms with Gasteiger partial charge in [0.1, 0.15) is 6.67 Å². The smallest absolute Gasteiger partial charge is 0.115 e. The number of hydrogen-bond donors (Lipinski definition) is 0. The second-order valence-electron chi connectivity index (χ2n) is 4.26. The van der Waals surface area contributed by atoms with Crippen molar-refractivity contribution in [2.24, 2.45) is 0 Å². The molecule has 2 rings (SSSR count). The molecule has 1 aromatic heterocycles. The molecule has 88 valence electrons. The fraction of sp³-hybridized carbons (Fsp3) is 0.267. The second-order valence-corrected chi connectivity index (χ2v) is 4.26. The van der Waals surface area contributed by atoms with Crippen molar-refractivity contribution in [3.05, 3.63) is 65.0 Å². The number of nitrogens with zero attached hydrogens (tertiary/aromatic N) is 1. The van der Waals surface area contributed by atoms with Crippen LogP contribution in [0.15, 0.2) is 42.6 Å². The van der Waals surface area contributed by atoms with E-state index in [4.69, 9.17) is 0 Å². The Labute approximate surface area is 101 Å². The third-order valence-corrected chi connectivity index (χ3v) is 2.84. The van der Waals surface area contributed by atoms with E-state index in [1.54, 1.807) is 0 Å². The van der Waals surface area contributed by atoms with Gasteiger partial charge in [-0.2, -0.15) is 0 Å². The SMILES string of the molecule is Cc1cc(CCc2ccc(CF)cc2)ccn1. The summed E-state index contributed by atoms with van der Waals surface area (Å²) < 4.78 is 12.3. The van der Waals surface area contributed by atoms with Crippen LogP contribution in [-0.4, -0.2) is 4.98 Å². The zero-order valence-electron chi connectivity index (χ0n) is 9.99. The molecule has 0 bridgehead atoms. The van der Waals surface area contributed by atoms with E-state index in [0.717, 1.165) is 24.1 Å². The highest BCUT2D eigenvalue weighted by Crippen LogP contribution is 2.10. The average molecular weight is 229 g/mol. The molecule has 0 radical (unpaired) electrons. The molecule has 2 heteroatoms. The van der Waals surface area contributed by atoms with E-state index < -0.39 is 0 Å². The van der Waals surface area contributed by atoms with Crippen LogP contribution in [0.4, 0.5) is 4.39 Å². The number of rotatable bonds is 4. The molecule has 0 unspecified atom stereocenters. The summed E-state index contributed by atoms with van der Waals surface area (Å²) >= 11 is 0. The van der Waals surface area contributed by atoms with Gasteiger partial charge in [0.15, 0.2) is 0 Å². The van der Waals surface area contributed by atoms with Gasteiger partial charge in [-0.05, 0) is 48.6 Å². The van der Waals surface area contributed by atoms with Crippen LogP contribution in [0.5, 0.6) is 0 Å². The molecule has 1 aromatic carbocycles. The first-order valence-electron chi connectivity index (χ1n) is 5.83. The number of benzene rings is 1. The monoisotopic (exact) mass is 229 g/mol. The van der Waals surface area contributed by atoms with E-state index in [-0.39, 0.29) is 6.67 Å². The highest BCUT2D eigenvalue weighted by molar-refractivity contribution is 5.24. The van der Waals surface area contributed by atoms with Gasteiger partial charge in [-0.25, -0.2) is 4.39 Å². The average Bonchev–Trinajstić information content (AvgIpc) is 2.37. The van der Waals surface area contributed by atoms with E-state index in [0.29, 0.717) is 0 Å². The van der Waals surface area contributed by atoms with Crippen molar-refractivity contribution in [3.8, 4) is 0 Å². The molecule has 0 fully saturated rings. The molecule has 0 atom stereocenters. The molecule has 0 aliphatic rings. The topological polar surface area (TPSA) is 12.9 Å². The molecule has 0 saturated heterocycles. The number of hydrogen-bond acceptors (Lipinski definition) is 1. The van der Waals surface area contributed by atoms with Crippen LogP contribution in [0.25, 0.3) is 0 Å². The van der Waals surface area contributed by atoms with Gasteiger partial charge in [0.05, 0.1) is 0 Å². The van der Waals surface area contributed by atoms with Gasteiger partial charge in [-0.1, -0.05) is 24.3 Å². The summed E-state index contributed by atoms with van der Waals surface area (Å²) in [5, 5.41) is 0. The van der Waals surface area contributed by atoms with Crippen LogP contribution in [-0.2, 0) is 19.5 Å². The Balaban J connectivity index is 1.97. The van der Waals surface area contributed by atoms with Gasteiger partial charge in [0.2, 0.25) is 0 Å². The lowest BCUT2D eigenvalue weighted by molar-refractivity contribution is 0.485. The van der Waals surface area contributed by atoms with Gasteiger partial charge in [-0.3, -0.25) is 4.98 Å². The summed E-state index contributed by atoms with van der Waals surface area (Å²) in [5.41, 5.74) is 4.34. The molecule has 0 aliphatic heterocycles. The standard InChI is InChI=1S/C15H16FN/c1-12-10-14(8-9-17-12)5-2-13-3-6-15(11-16)7-4-13/h3-4,6-10H,2,5,11H2,1H3. The molecule has 0 aliphatic carbocycles. The molecular weight excluding hydrogens is 213 g/mol. The summed E-state index contributed by atoms with van der Waals surface area (Å²) in [6.45, 7) is 1.61. The maximum absolute atomic E-state index is 12.3. The summed E-state index contributed by atoms with van der Waals surface area (Å²) in [5.74, 6) is 0. The van der Waals surface area contributed by atoms with Crippen molar-refractivity contribution in [2.45, 2.75) is 26.4 Å². The van der Waals surface area contributed by atoms with Crippen LogP contribution in [0.3, 0.4) is 0 Å². The van der Waals surface area contributed by atoms with Gasteiger partial charge < -0.3 is 0 Å². The Bertz CT molecular complexity index is 477. The first-order valence-corrected chi connectivity index (χ1v) is 5.83. The lowest BCUT2D eigenvalue weighted by Crippen LogP contribution is -1.93. The first kappa shape index (κ1) is 11.8. The largest absolute Gasteiger partial charge is 0.262 e. The van der Waals surface area contributed by atoms with Crippen LogP contribution in [0.1, 0.15) is 22.4 Å². The van der Waals surface area contributed by atoms with Crippen molar-refractivity contribution >= 4 is 0 Å². The molecule has 0 N–H and O–H groups in total. The maximum atomic E-state index is 12.3. The first-order chi connectivity index (χ1) is 8.28. The van der Waals surface area contributed by atoms with Crippen LogP contribution in [0.2, 0.25) is 0 Å². The Morgan fingerprint density at radius 1 is 0.941 bits per heavy atom. The van der Waals surface area contributed by atoms with Crippen molar-refractivity contribution in [2.75, 3.05) is 0 Å². The van der Waals surface area contributed by atoms with Crippen molar-refractivity contribution in [3.63, 3.8) is 0 Å². The highest BCUT2D eigenvalue weighted by Gasteiger charge is 1.97. The molecular formula is C15H16FN. The number of halogens is 1.